The number of nitrogens with zero attached hydrogens (tertiary/aromatic N) is 1. The summed E-state index contributed by atoms with van der Waals surface area (Å²) in [4.78, 5) is 16.4. The Hall–Kier alpha value is -2.14. The third-order valence-electron chi connectivity index (χ3n) is 3.08. The molecule has 21 heavy (non-hydrogen) atoms. The van der Waals surface area contributed by atoms with E-state index in [0.29, 0.717) is 5.75 Å². The van der Waals surface area contributed by atoms with E-state index >= 15 is 0 Å². The molecule has 0 saturated carbocycles. The Bertz CT molecular complexity index is 699. The van der Waals surface area contributed by atoms with E-state index < -0.39 is 0 Å². The summed E-state index contributed by atoms with van der Waals surface area (Å²) in [6.45, 7) is 5.60. The van der Waals surface area contributed by atoms with Crippen LogP contribution in [0.3, 0.4) is 0 Å². The van der Waals surface area contributed by atoms with Crippen molar-refractivity contribution >= 4 is 33.6 Å². The van der Waals surface area contributed by atoms with Crippen molar-refractivity contribution in [2.75, 3.05) is 12.4 Å². The number of carbonyl (C=O) groups excluding carboxylic acids is 1. The molecule has 4 nitrogen and oxygen atoms in total. The molecule has 0 radical (unpaired) electrons. The highest BCUT2D eigenvalue weighted by Crippen LogP contribution is 2.24. The number of methoxy groups -OCH3 is 1. The van der Waals surface area contributed by atoms with E-state index in [0.717, 1.165) is 21.3 Å². The van der Waals surface area contributed by atoms with Crippen molar-refractivity contribution < 1.29 is 9.53 Å². The minimum atomic E-state index is -0.287. The number of hydrogen-bond donors (Lipinski definition) is 1. The Morgan fingerprint density at radius 3 is 2.90 bits per heavy atom. The van der Waals surface area contributed by atoms with Gasteiger partial charge in [0.25, 0.3) is 5.91 Å². The van der Waals surface area contributed by atoms with E-state index in [9.17, 15) is 4.79 Å². The first kappa shape index (κ1) is 15.3. The van der Waals surface area contributed by atoms with Gasteiger partial charge in [0.2, 0.25) is 0 Å². The predicted octanol–water partition coefficient (Wildman–Crippen LogP) is 4.06. The molecule has 2 rings (SSSR count). The van der Waals surface area contributed by atoms with E-state index in [1.54, 1.807) is 25.4 Å². The van der Waals surface area contributed by atoms with Gasteiger partial charge in [-0.15, -0.1) is 0 Å². The maximum Gasteiger partial charge on any atom is 0.274 e. The van der Waals surface area contributed by atoms with Crippen LogP contribution in [-0.4, -0.2) is 18.0 Å². The fraction of sp³-hybridized carbons (Fsp3) is 0.125. The second kappa shape index (κ2) is 6.54. The number of carbonyl (C=O) groups is 1. The molecule has 0 unspecified atom stereocenters. The number of ether oxygens (including phenoxy) is 1. The van der Waals surface area contributed by atoms with Crippen LogP contribution in [0.4, 0.5) is 5.69 Å². The molecule has 1 aromatic heterocycles. The third kappa shape index (κ3) is 3.31. The van der Waals surface area contributed by atoms with Gasteiger partial charge >= 0.3 is 0 Å². The molecule has 0 atom stereocenters. The standard InChI is InChI=1S/C16H15BrN2O2/c1-4-11-9-18-14(8-15(11)21-3)16(20)19-13-7-5-6-12(17)10(13)2/h4-9H,1H2,2-3H3,(H,19,20). The molecule has 1 N–H and O–H groups in total. The van der Waals surface area contributed by atoms with Gasteiger partial charge in [0, 0.05) is 28.0 Å². The number of aromatic nitrogens is 1. The zero-order chi connectivity index (χ0) is 15.4. The van der Waals surface area contributed by atoms with Gasteiger partial charge in [-0.1, -0.05) is 34.7 Å². The van der Waals surface area contributed by atoms with Gasteiger partial charge in [0.1, 0.15) is 11.4 Å². The monoisotopic (exact) mass is 346 g/mol. The average molecular weight is 347 g/mol. The van der Waals surface area contributed by atoms with Crippen LogP contribution in [0.25, 0.3) is 6.08 Å². The van der Waals surface area contributed by atoms with E-state index in [1.165, 1.54) is 0 Å². The first-order valence-corrected chi connectivity index (χ1v) is 7.09. The number of anilines is 1. The fourth-order valence-corrected chi connectivity index (χ4v) is 2.20. The van der Waals surface area contributed by atoms with Crippen LogP contribution in [-0.2, 0) is 0 Å². The number of halogens is 1. The SMILES string of the molecule is C=Cc1cnc(C(=O)Nc2cccc(Br)c2C)cc1OC. The van der Waals surface area contributed by atoms with Crippen molar-refractivity contribution in [3.05, 3.63) is 58.3 Å². The minimum Gasteiger partial charge on any atom is -0.496 e. The molecule has 1 heterocycles. The van der Waals surface area contributed by atoms with Gasteiger partial charge in [-0.2, -0.15) is 0 Å². The topological polar surface area (TPSA) is 51.2 Å². The third-order valence-corrected chi connectivity index (χ3v) is 3.94. The molecule has 0 aliphatic heterocycles. The molecule has 0 fully saturated rings. The number of amides is 1. The Morgan fingerprint density at radius 2 is 2.24 bits per heavy atom. The molecular formula is C16H15BrN2O2. The maximum absolute atomic E-state index is 12.3. The lowest BCUT2D eigenvalue weighted by Crippen LogP contribution is -2.14. The van der Waals surface area contributed by atoms with E-state index in [-0.39, 0.29) is 11.6 Å². The van der Waals surface area contributed by atoms with Gasteiger partial charge in [0.05, 0.1) is 7.11 Å². The Balaban J connectivity index is 2.28. The summed E-state index contributed by atoms with van der Waals surface area (Å²) in [6.07, 6.45) is 3.19. The Morgan fingerprint density at radius 1 is 1.48 bits per heavy atom. The molecular weight excluding hydrogens is 332 g/mol. The molecule has 0 saturated heterocycles. The summed E-state index contributed by atoms with van der Waals surface area (Å²) in [6, 6.07) is 7.22. The predicted molar refractivity (Wildman–Crippen MR) is 87.7 cm³/mol. The van der Waals surface area contributed by atoms with Crippen LogP contribution >= 0.6 is 15.9 Å². The zero-order valence-corrected chi connectivity index (χ0v) is 13.4. The summed E-state index contributed by atoms with van der Waals surface area (Å²) >= 11 is 3.44. The first-order chi connectivity index (χ1) is 10.1. The number of rotatable bonds is 4. The molecule has 2 aromatic rings. The van der Waals surface area contributed by atoms with Crippen LogP contribution < -0.4 is 10.1 Å². The highest BCUT2D eigenvalue weighted by atomic mass is 79.9. The summed E-state index contributed by atoms with van der Waals surface area (Å²) in [7, 11) is 1.54. The van der Waals surface area contributed by atoms with Crippen LogP contribution in [0.2, 0.25) is 0 Å². The van der Waals surface area contributed by atoms with Gasteiger partial charge < -0.3 is 10.1 Å². The lowest BCUT2D eigenvalue weighted by molar-refractivity contribution is 0.102. The zero-order valence-electron chi connectivity index (χ0n) is 11.8. The van der Waals surface area contributed by atoms with Crippen LogP contribution in [0.1, 0.15) is 21.6 Å². The minimum absolute atomic E-state index is 0.287. The van der Waals surface area contributed by atoms with Gasteiger partial charge in [-0.25, -0.2) is 0 Å². The number of pyridine rings is 1. The van der Waals surface area contributed by atoms with Gasteiger partial charge in [-0.3, -0.25) is 9.78 Å². The van der Waals surface area contributed by atoms with Crippen molar-refractivity contribution in [3.63, 3.8) is 0 Å². The number of benzene rings is 1. The average Bonchev–Trinajstić information content (AvgIpc) is 2.51. The fourth-order valence-electron chi connectivity index (χ4n) is 1.83. The summed E-state index contributed by atoms with van der Waals surface area (Å²) in [5, 5.41) is 2.84. The first-order valence-electron chi connectivity index (χ1n) is 6.29. The summed E-state index contributed by atoms with van der Waals surface area (Å²) < 4.78 is 6.16. The summed E-state index contributed by atoms with van der Waals surface area (Å²) in [5.74, 6) is 0.279. The highest BCUT2D eigenvalue weighted by Gasteiger charge is 2.12. The molecule has 0 spiro atoms. The largest absolute Gasteiger partial charge is 0.496 e. The van der Waals surface area contributed by atoms with E-state index in [4.69, 9.17) is 4.74 Å². The van der Waals surface area contributed by atoms with E-state index in [1.807, 2.05) is 25.1 Å². The van der Waals surface area contributed by atoms with Crippen LogP contribution in [0.5, 0.6) is 5.75 Å². The van der Waals surface area contributed by atoms with Gasteiger partial charge in [-0.05, 0) is 24.6 Å². The quantitative estimate of drug-likeness (QED) is 0.908. The van der Waals surface area contributed by atoms with Crippen molar-refractivity contribution in [2.24, 2.45) is 0 Å². The number of nitrogens with one attached hydrogen (secondary N) is 1. The van der Waals surface area contributed by atoms with Crippen molar-refractivity contribution in [3.8, 4) is 5.75 Å². The molecule has 108 valence electrons. The smallest absolute Gasteiger partial charge is 0.274 e. The van der Waals surface area contributed by atoms with Gasteiger partial charge in [0.15, 0.2) is 0 Å². The Kier molecular flexibility index (Phi) is 4.75. The molecule has 0 aliphatic carbocycles. The van der Waals surface area contributed by atoms with Crippen molar-refractivity contribution in [1.29, 1.82) is 0 Å². The second-order valence-electron chi connectivity index (χ2n) is 4.38. The van der Waals surface area contributed by atoms with E-state index in [2.05, 4.69) is 32.8 Å². The van der Waals surface area contributed by atoms with Crippen molar-refractivity contribution in [1.82, 2.24) is 4.98 Å². The molecule has 1 aromatic carbocycles. The van der Waals surface area contributed by atoms with Crippen LogP contribution in [0, 0.1) is 6.92 Å². The lowest BCUT2D eigenvalue weighted by atomic mass is 10.2. The lowest BCUT2D eigenvalue weighted by Gasteiger charge is -2.10. The Labute approximate surface area is 132 Å². The highest BCUT2D eigenvalue weighted by molar-refractivity contribution is 9.10. The molecule has 5 heteroatoms. The summed E-state index contributed by atoms with van der Waals surface area (Å²) in [5.41, 5.74) is 2.73. The number of hydrogen-bond acceptors (Lipinski definition) is 3. The molecule has 1 amide bonds. The normalized spacial score (nSPS) is 10.0. The van der Waals surface area contributed by atoms with Crippen molar-refractivity contribution in [2.45, 2.75) is 6.92 Å². The molecule has 0 aliphatic rings. The second-order valence-corrected chi connectivity index (χ2v) is 5.24. The molecule has 0 bridgehead atoms. The maximum atomic E-state index is 12.3. The van der Waals surface area contributed by atoms with Crippen LogP contribution in [0.15, 0.2) is 41.5 Å².